The molecule has 0 fully saturated rings. The molecule has 0 radical (unpaired) electrons. The lowest BCUT2D eigenvalue weighted by molar-refractivity contribution is 0.622. The molecule has 88 valence electrons. The Kier molecular flexibility index (Phi) is 3.78. The number of hydrogen-bond donors (Lipinski definition) is 0. The molecule has 0 atom stereocenters. The molecular formula is C11H7ClFIN2O. The fraction of sp³-hybridized carbons (Fsp3) is 0.0909. The highest BCUT2D eigenvalue weighted by molar-refractivity contribution is 14.1. The molecule has 0 amide bonds. The van der Waals surface area contributed by atoms with E-state index < -0.39 is 0 Å². The molecule has 0 aliphatic rings. The van der Waals surface area contributed by atoms with Crippen LogP contribution in [0.4, 0.5) is 4.39 Å². The van der Waals surface area contributed by atoms with E-state index in [1.165, 1.54) is 23.0 Å². The van der Waals surface area contributed by atoms with Gasteiger partial charge >= 0.3 is 0 Å². The monoisotopic (exact) mass is 364 g/mol. The van der Waals surface area contributed by atoms with Crippen LogP contribution < -0.4 is 5.56 Å². The van der Waals surface area contributed by atoms with Crippen LogP contribution in [0.1, 0.15) is 5.56 Å². The Bertz CT molecular complexity index is 615. The predicted molar refractivity (Wildman–Crippen MR) is 71.7 cm³/mol. The van der Waals surface area contributed by atoms with Gasteiger partial charge in [0.2, 0.25) is 0 Å². The van der Waals surface area contributed by atoms with Crippen molar-refractivity contribution < 1.29 is 4.39 Å². The maximum absolute atomic E-state index is 13.0. The SMILES string of the molecule is O=c1c(I)c(Cl)ncn1Cc1cccc(F)c1. The summed E-state index contributed by atoms with van der Waals surface area (Å²) >= 11 is 7.56. The van der Waals surface area contributed by atoms with Gasteiger partial charge in [-0.2, -0.15) is 0 Å². The van der Waals surface area contributed by atoms with Gasteiger partial charge in [0.25, 0.3) is 5.56 Å². The molecule has 3 nitrogen and oxygen atoms in total. The summed E-state index contributed by atoms with van der Waals surface area (Å²) in [6, 6.07) is 6.09. The zero-order chi connectivity index (χ0) is 12.4. The van der Waals surface area contributed by atoms with E-state index in [-0.39, 0.29) is 23.1 Å². The van der Waals surface area contributed by atoms with Gasteiger partial charge in [-0.05, 0) is 40.3 Å². The average molecular weight is 365 g/mol. The van der Waals surface area contributed by atoms with Crippen LogP contribution in [-0.2, 0) is 6.54 Å². The van der Waals surface area contributed by atoms with E-state index in [0.29, 0.717) is 9.13 Å². The molecular weight excluding hydrogens is 357 g/mol. The van der Waals surface area contributed by atoms with Gasteiger partial charge < -0.3 is 0 Å². The van der Waals surface area contributed by atoms with Crippen molar-refractivity contribution in [2.24, 2.45) is 0 Å². The van der Waals surface area contributed by atoms with Gasteiger partial charge in [0.15, 0.2) is 0 Å². The molecule has 0 aliphatic carbocycles. The molecule has 1 heterocycles. The fourth-order valence-electron chi connectivity index (χ4n) is 1.39. The van der Waals surface area contributed by atoms with Crippen LogP contribution in [-0.4, -0.2) is 9.55 Å². The second kappa shape index (κ2) is 5.14. The van der Waals surface area contributed by atoms with Crippen molar-refractivity contribution in [3.63, 3.8) is 0 Å². The zero-order valence-electron chi connectivity index (χ0n) is 8.53. The first kappa shape index (κ1) is 12.5. The third kappa shape index (κ3) is 2.84. The fourth-order valence-corrected chi connectivity index (χ4v) is 1.96. The first-order valence-electron chi connectivity index (χ1n) is 4.73. The summed E-state index contributed by atoms with van der Waals surface area (Å²) < 4.78 is 14.7. The van der Waals surface area contributed by atoms with E-state index in [2.05, 4.69) is 4.98 Å². The highest BCUT2D eigenvalue weighted by Crippen LogP contribution is 2.10. The van der Waals surface area contributed by atoms with E-state index in [4.69, 9.17) is 11.6 Å². The largest absolute Gasteiger partial charge is 0.294 e. The molecule has 0 N–H and O–H groups in total. The van der Waals surface area contributed by atoms with Crippen molar-refractivity contribution >= 4 is 34.2 Å². The van der Waals surface area contributed by atoms with Gasteiger partial charge in [-0.15, -0.1) is 0 Å². The van der Waals surface area contributed by atoms with Crippen molar-refractivity contribution in [1.29, 1.82) is 0 Å². The number of nitrogens with zero attached hydrogens (tertiary/aromatic N) is 2. The van der Waals surface area contributed by atoms with Crippen molar-refractivity contribution in [2.45, 2.75) is 6.54 Å². The average Bonchev–Trinajstić information content (AvgIpc) is 2.30. The molecule has 0 saturated heterocycles. The molecule has 17 heavy (non-hydrogen) atoms. The lowest BCUT2D eigenvalue weighted by atomic mass is 10.2. The van der Waals surface area contributed by atoms with E-state index in [9.17, 15) is 9.18 Å². The molecule has 2 rings (SSSR count). The van der Waals surface area contributed by atoms with E-state index >= 15 is 0 Å². The highest BCUT2D eigenvalue weighted by atomic mass is 127. The van der Waals surface area contributed by atoms with Gasteiger partial charge in [0.1, 0.15) is 14.5 Å². The maximum atomic E-state index is 13.0. The second-order valence-corrected chi connectivity index (χ2v) is 4.85. The molecule has 0 unspecified atom stereocenters. The van der Waals surface area contributed by atoms with Gasteiger partial charge in [-0.1, -0.05) is 23.7 Å². The zero-order valence-corrected chi connectivity index (χ0v) is 11.4. The Morgan fingerprint density at radius 1 is 1.47 bits per heavy atom. The van der Waals surface area contributed by atoms with Crippen LogP contribution >= 0.6 is 34.2 Å². The first-order chi connectivity index (χ1) is 8.08. The molecule has 0 bridgehead atoms. The summed E-state index contributed by atoms with van der Waals surface area (Å²) in [7, 11) is 0. The van der Waals surface area contributed by atoms with Crippen molar-refractivity contribution in [3.8, 4) is 0 Å². The quantitative estimate of drug-likeness (QED) is 0.607. The number of halogens is 3. The van der Waals surface area contributed by atoms with Gasteiger partial charge in [0.05, 0.1) is 12.9 Å². The molecule has 2 aromatic rings. The Morgan fingerprint density at radius 2 is 2.24 bits per heavy atom. The van der Waals surface area contributed by atoms with Crippen LogP contribution in [0.2, 0.25) is 5.15 Å². The van der Waals surface area contributed by atoms with Crippen LogP contribution in [0.5, 0.6) is 0 Å². The minimum absolute atomic E-state index is 0.186. The molecule has 1 aromatic carbocycles. The highest BCUT2D eigenvalue weighted by Gasteiger charge is 2.07. The Labute approximate surface area is 115 Å². The smallest absolute Gasteiger partial charge is 0.268 e. The predicted octanol–water partition coefficient (Wildman–Crippen LogP) is 2.69. The number of rotatable bonds is 2. The molecule has 6 heteroatoms. The van der Waals surface area contributed by atoms with Gasteiger partial charge in [-0.25, -0.2) is 9.37 Å². The molecule has 1 aromatic heterocycles. The lowest BCUT2D eigenvalue weighted by Gasteiger charge is -2.06. The lowest BCUT2D eigenvalue weighted by Crippen LogP contribution is -2.23. The van der Waals surface area contributed by atoms with E-state index in [0.717, 1.165) is 0 Å². The first-order valence-corrected chi connectivity index (χ1v) is 6.18. The normalized spacial score (nSPS) is 10.5. The maximum Gasteiger partial charge on any atom is 0.268 e. The topological polar surface area (TPSA) is 34.9 Å². The number of benzene rings is 1. The standard InChI is InChI=1S/C11H7ClFIN2O/c12-10-9(14)11(17)16(6-15-10)5-7-2-1-3-8(13)4-7/h1-4,6H,5H2. The van der Waals surface area contributed by atoms with Crippen molar-refractivity contribution in [2.75, 3.05) is 0 Å². The van der Waals surface area contributed by atoms with Crippen LogP contribution in [0.25, 0.3) is 0 Å². The van der Waals surface area contributed by atoms with Crippen LogP contribution in [0, 0.1) is 9.39 Å². The summed E-state index contributed by atoms with van der Waals surface area (Å²) in [5, 5.41) is 0.186. The summed E-state index contributed by atoms with van der Waals surface area (Å²) in [6.45, 7) is 0.275. The van der Waals surface area contributed by atoms with Gasteiger partial charge in [-0.3, -0.25) is 9.36 Å². The summed E-state index contributed by atoms with van der Waals surface area (Å²) in [5.74, 6) is -0.327. The van der Waals surface area contributed by atoms with Crippen LogP contribution in [0.3, 0.4) is 0 Å². The Hall–Kier alpha value is -0.950. The summed E-state index contributed by atoms with van der Waals surface area (Å²) in [6.07, 6.45) is 1.36. The minimum atomic E-state index is -0.327. The molecule has 0 spiro atoms. The van der Waals surface area contributed by atoms with E-state index in [1.54, 1.807) is 12.1 Å². The summed E-state index contributed by atoms with van der Waals surface area (Å²) in [4.78, 5) is 15.7. The third-order valence-corrected chi connectivity index (χ3v) is 3.76. The Balaban J connectivity index is 2.37. The van der Waals surface area contributed by atoms with Gasteiger partial charge in [0, 0.05) is 0 Å². The molecule has 0 saturated carbocycles. The van der Waals surface area contributed by atoms with Crippen molar-refractivity contribution in [3.05, 3.63) is 61.1 Å². The second-order valence-electron chi connectivity index (χ2n) is 3.41. The number of hydrogen-bond acceptors (Lipinski definition) is 2. The van der Waals surface area contributed by atoms with Crippen molar-refractivity contribution in [1.82, 2.24) is 9.55 Å². The summed E-state index contributed by atoms with van der Waals surface area (Å²) in [5.41, 5.74) is 0.474. The van der Waals surface area contributed by atoms with E-state index in [1.807, 2.05) is 22.6 Å². The number of aromatic nitrogens is 2. The molecule has 0 aliphatic heterocycles. The minimum Gasteiger partial charge on any atom is -0.294 e. The third-order valence-electron chi connectivity index (χ3n) is 2.18. The van der Waals surface area contributed by atoms with Crippen LogP contribution in [0.15, 0.2) is 35.4 Å². The Morgan fingerprint density at radius 3 is 2.94 bits per heavy atom.